The minimum absolute atomic E-state index is 0.152. The highest BCUT2D eigenvalue weighted by molar-refractivity contribution is 7.92. The van der Waals surface area contributed by atoms with Gasteiger partial charge in [0.25, 0.3) is 0 Å². The lowest BCUT2D eigenvalue weighted by Crippen LogP contribution is -2.56. The van der Waals surface area contributed by atoms with E-state index in [9.17, 15) is 18.0 Å². The van der Waals surface area contributed by atoms with Crippen LogP contribution in [0.25, 0.3) is 0 Å². The summed E-state index contributed by atoms with van der Waals surface area (Å²) in [6, 6.07) is 23.4. The Morgan fingerprint density at radius 1 is 0.821 bits per heavy atom. The number of benzene rings is 3. The maximum Gasteiger partial charge on any atom is 0.244 e. The Morgan fingerprint density at radius 3 is 1.87 bits per heavy atom. The average Bonchev–Trinajstić information content (AvgIpc) is 2.85. The first kappa shape index (κ1) is 29.9. The number of nitrogens with zero attached hydrogens (tertiary/aromatic N) is 2. The first-order valence-corrected chi connectivity index (χ1v) is 14.8. The molecule has 0 fully saturated rings. The zero-order valence-electron chi connectivity index (χ0n) is 23.6. The molecule has 0 unspecified atom stereocenters. The van der Waals surface area contributed by atoms with E-state index in [0.29, 0.717) is 5.69 Å². The molecule has 3 aromatic carbocycles. The summed E-state index contributed by atoms with van der Waals surface area (Å²) in [6.45, 7) is 9.28. The standard InChI is InChI=1S/C31H39N3O4S/c1-23-12-16-26(17-13-23)21-33(28(30(36)32-31(3,4)5)20-25-10-8-7-9-11-25)29(35)22-34(39(6,37)38)27-18-14-24(2)15-19-27/h7-19,28H,20-22H2,1-6H3,(H,32,36)/t28-/m0/s1. The minimum Gasteiger partial charge on any atom is -0.350 e. The number of rotatable bonds is 10. The van der Waals surface area contributed by atoms with E-state index in [4.69, 9.17) is 0 Å². The molecule has 0 aliphatic carbocycles. The Morgan fingerprint density at radius 2 is 1.36 bits per heavy atom. The topological polar surface area (TPSA) is 86.8 Å². The predicted molar refractivity (Wildman–Crippen MR) is 157 cm³/mol. The monoisotopic (exact) mass is 549 g/mol. The zero-order valence-corrected chi connectivity index (χ0v) is 24.5. The smallest absolute Gasteiger partial charge is 0.244 e. The number of hydrogen-bond donors (Lipinski definition) is 1. The molecule has 1 atom stereocenters. The molecule has 39 heavy (non-hydrogen) atoms. The van der Waals surface area contributed by atoms with E-state index in [1.807, 2.05) is 89.2 Å². The van der Waals surface area contributed by atoms with E-state index in [1.165, 1.54) is 4.90 Å². The number of sulfonamides is 1. The minimum atomic E-state index is -3.79. The molecular formula is C31H39N3O4S. The first-order valence-electron chi connectivity index (χ1n) is 13.0. The van der Waals surface area contributed by atoms with Gasteiger partial charge in [-0.1, -0.05) is 77.9 Å². The summed E-state index contributed by atoms with van der Waals surface area (Å²) in [5.74, 6) is -0.764. The van der Waals surface area contributed by atoms with Gasteiger partial charge in [-0.3, -0.25) is 13.9 Å². The van der Waals surface area contributed by atoms with Crippen molar-refractivity contribution in [3.8, 4) is 0 Å². The molecule has 0 aliphatic heterocycles. The Labute approximate surface area is 232 Å². The Hall–Kier alpha value is -3.65. The van der Waals surface area contributed by atoms with Gasteiger partial charge in [0.05, 0.1) is 11.9 Å². The van der Waals surface area contributed by atoms with Crippen LogP contribution in [0, 0.1) is 13.8 Å². The lowest BCUT2D eigenvalue weighted by atomic mass is 10.0. The van der Waals surface area contributed by atoms with Gasteiger partial charge in [-0.2, -0.15) is 0 Å². The van der Waals surface area contributed by atoms with Gasteiger partial charge in [-0.05, 0) is 57.9 Å². The fourth-order valence-electron chi connectivity index (χ4n) is 4.22. The van der Waals surface area contributed by atoms with Crippen molar-refractivity contribution in [1.82, 2.24) is 10.2 Å². The Kier molecular flexibility index (Phi) is 9.56. The molecule has 0 aromatic heterocycles. The second-order valence-corrected chi connectivity index (χ2v) is 13.0. The third-order valence-corrected chi connectivity index (χ3v) is 7.38. The summed E-state index contributed by atoms with van der Waals surface area (Å²) in [7, 11) is -3.79. The first-order chi connectivity index (χ1) is 18.2. The lowest BCUT2D eigenvalue weighted by molar-refractivity contribution is -0.140. The molecule has 3 rings (SSSR count). The second-order valence-electron chi connectivity index (χ2n) is 11.1. The van der Waals surface area contributed by atoms with Crippen LogP contribution in [0.15, 0.2) is 78.9 Å². The van der Waals surface area contributed by atoms with E-state index in [-0.39, 0.29) is 18.9 Å². The molecule has 1 N–H and O–H groups in total. The summed E-state index contributed by atoms with van der Waals surface area (Å²) in [6.07, 6.45) is 1.36. The highest BCUT2D eigenvalue weighted by atomic mass is 32.2. The third kappa shape index (κ3) is 8.96. The zero-order chi connectivity index (χ0) is 28.8. The van der Waals surface area contributed by atoms with Crippen molar-refractivity contribution in [3.05, 3.63) is 101 Å². The van der Waals surface area contributed by atoms with Gasteiger partial charge < -0.3 is 10.2 Å². The van der Waals surface area contributed by atoms with E-state index < -0.39 is 34.1 Å². The fourth-order valence-corrected chi connectivity index (χ4v) is 5.07. The van der Waals surface area contributed by atoms with E-state index in [0.717, 1.165) is 32.8 Å². The highest BCUT2D eigenvalue weighted by Crippen LogP contribution is 2.21. The number of anilines is 1. The van der Waals surface area contributed by atoms with Crippen LogP contribution in [-0.2, 0) is 32.6 Å². The van der Waals surface area contributed by atoms with Gasteiger partial charge in [0.15, 0.2) is 0 Å². The van der Waals surface area contributed by atoms with Crippen molar-refractivity contribution >= 4 is 27.5 Å². The SMILES string of the molecule is Cc1ccc(CN(C(=O)CN(c2ccc(C)cc2)S(C)(=O)=O)[C@@H](Cc2ccccc2)C(=O)NC(C)(C)C)cc1. The van der Waals surface area contributed by atoms with Crippen molar-refractivity contribution in [1.29, 1.82) is 0 Å². The van der Waals surface area contributed by atoms with Crippen LogP contribution in [0.3, 0.4) is 0 Å². The van der Waals surface area contributed by atoms with Crippen LogP contribution in [0.4, 0.5) is 5.69 Å². The van der Waals surface area contributed by atoms with E-state index in [2.05, 4.69) is 5.32 Å². The molecule has 2 amide bonds. The van der Waals surface area contributed by atoms with Gasteiger partial charge in [-0.15, -0.1) is 0 Å². The predicted octanol–water partition coefficient (Wildman–Crippen LogP) is 4.62. The van der Waals surface area contributed by atoms with E-state index >= 15 is 0 Å². The van der Waals surface area contributed by atoms with Gasteiger partial charge in [0.2, 0.25) is 21.8 Å². The van der Waals surface area contributed by atoms with Crippen LogP contribution in [0.5, 0.6) is 0 Å². The fraction of sp³-hybridized carbons (Fsp3) is 0.355. The number of amides is 2. The maximum atomic E-state index is 14.1. The number of aryl methyl sites for hydroxylation is 2. The van der Waals surface area contributed by atoms with Crippen LogP contribution in [0.2, 0.25) is 0 Å². The van der Waals surface area contributed by atoms with Crippen molar-refractivity contribution in [2.75, 3.05) is 17.1 Å². The third-order valence-electron chi connectivity index (χ3n) is 6.24. The van der Waals surface area contributed by atoms with Crippen molar-refractivity contribution < 1.29 is 18.0 Å². The molecule has 0 saturated heterocycles. The average molecular weight is 550 g/mol. The second kappa shape index (κ2) is 12.5. The van der Waals surface area contributed by atoms with Crippen molar-refractivity contribution in [2.24, 2.45) is 0 Å². The molecule has 7 nitrogen and oxygen atoms in total. The lowest BCUT2D eigenvalue weighted by Gasteiger charge is -2.35. The number of carbonyl (C=O) groups excluding carboxylic acids is 2. The van der Waals surface area contributed by atoms with Crippen LogP contribution in [-0.4, -0.2) is 49.5 Å². The Balaban J connectivity index is 2.06. The largest absolute Gasteiger partial charge is 0.350 e. The molecule has 0 heterocycles. The van der Waals surface area contributed by atoms with Crippen LogP contribution < -0.4 is 9.62 Å². The molecule has 0 spiro atoms. The number of carbonyl (C=O) groups is 2. The van der Waals surface area contributed by atoms with Gasteiger partial charge >= 0.3 is 0 Å². The van der Waals surface area contributed by atoms with Gasteiger partial charge in [0, 0.05) is 18.5 Å². The molecule has 0 aliphatic rings. The summed E-state index contributed by atoms with van der Waals surface area (Å²) in [4.78, 5) is 29.3. The van der Waals surface area contributed by atoms with Crippen molar-refractivity contribution in [2.45, 2.75) is 59.2 Å². The van der Waals surface area contributed by atoms with E-state index in [1.54, 1.807) is 24.3 Å². The molecule has 0 saturated carbocycles. The number of nitrogens with one attached hydrogen (secondary N) is 1. The van der Waals surface area contributed by atoms with Crippen LogP contribution >= 0.6 is 0 Å². The molecule has 3 aromatic rings. The maximum absolute atomic E-state index is 14.1. The van der Waals surface area contributed by atoms with Crippen LogP contribution in [0.1, 0.15) is 43.0 Å². The quantitative estimate of drug-likeness (QED) is 0.400. The molecule has 0 bridgehead atoms. The summed E-state index contributed by atoms with van der Waals surface area (Å²) >= 11 is 0. The number of hydrogen-bond acceptors (Lipinski definition) is 4. The van der Waals surface area contributed by atoms with Gasteiger partial charge in [0.1, 0.15) is 12.6 Å². The molecule has 8 heteroatoms. The molecular weight excluding hydrogens is 510 g/mol. The van der Waals surface area contributed by atoms with Crippen molar-refractivity contribution in [3.63, 3.8) is 0 Å². The Bertz CT molecular complexity index is 1360. The normalized spacial score (nSPS) is 12.5. The highest BCUT2D eigenvalue weighted by Gasteiger charge is 2.34. The molecule has 0 radical (unpaired) electrons. The summed E-state index contributed by atoms with van der Waals surface area (Å²) < 4.78 is 26.8. The summed E-state index contributed by atoms with van der Waals surface area (Å²) in [5.41, 5.74) is 3.66. The molecule has 208 valence electrons. The summed E-state index contributed by atoms with van der Waals surface area (Å²) in [5, 5.41) is 3.03. The van der Waals surface area contributed by atoms with Gasteiger partial charge in [-0.25, -0.2) is 8.42 Å².